The molecule has 0 unspecified atom stereocenters. The molecule has 0 atom stereocenters. The van der Waals surface area contributed by atoms with Gasteiger partial charge in [-0.2, -0.15) is 0 Å². The molecule has 24 heavy (non-hydrogen) atoms. The zero-order valence-corrected chi connectivity index (χ0v) is 13.6. The fourth-order valence-electron chi connectivity index (χ4n) is 2.58. The first kappa shape index (κ1) is 14.7. The average Bonchev–Trinajstić information content (AvgIpc) is 3.03. The third kappa shape index (κ3) is 3.09. The summed E-state index contributed by atoms with van der Waals surface area (Å²) in [5, 5.41) is 4.00. The van der Waals surface area contributed by atoms with Crippen LogP contribution in [0.25, 0.3) is 22.3 Å². The van der Waals surface area contributed by atoms with Crippen molar-refractivity contribution < 1.29 is 0 Å². The second kappa shape index (κ2) is 6.34. The minimum absolute atomic E-state index is 0.696. The SMILES string of the molecule is Clc1cccc(-c2cc3nc(NCc4ccccc4)[nH]c3cn2)c1. The first-order valence-corrected chi connectivity index (χ1v) is 8.05. The first-order valence-electron chi connectivity index (χ1n) is 7.67. The molecule has 5 heteroatoms. The largest absolute Gasteiger partial charge is 0.352 e. The number of hydrogen-bond donors (Lipinski definition) is 2. The van der Waals surface area contributed by atoms with Crippen molar-refractivity contribution in [2.75, 3.05) is 5.32 Å². The summed E-state index contributed by atoms with van der Waals surface area (Å²) in [6.45, 7) is 0.718. The van der Waals surface area contributed by atoms with Crippen LogP contribution in [0.4, 0.5) is 5.95 Å². The molecule has 2 heterocycles. The van der Waals surface area contributed by atoms with Gasteiger partial charge in [0.1, 0.15) is 0 Å². The molecule has 4 nitrogen and oxygen atoms in total. The molecular weight excluding hydrogens is 320 g/mol. The number of H-pyrrole nitrogens is 1. The summed E-state index contributed by atoms with van der Waals surface area (Å²) >= 11 is 6.06. The second-order valence-corrected chi connectivity index (χ2v) is 5.96. The Balaban J connectivity index is 1.59. The molecule has 0 radical (unpaired) electrons. The van der Waals surface area contributed by atoms with E-state index in [-0.39, 0.29) is 0 Å². The lowest BCUT2D eigenvalue weighted by Gasteiger charge is -2.01. The van der Waals surface area contributed by atoms with Crippen molar-refractivity contribution in [2.24, 2.45) is 0 Å². The van der Waals surface area contributed by atoms with Crippen molar-refractivity contribution in [3.63, 3.8) is 0 Å². The highest BCUT2D eigenvalue weighted by atomic mass is 35.5. The minimum atomic E-state index is 0.696. The number of benzene rings is 2. The molecule has 0 aliphatic heterocycles. The van der Waals surface area contributed by atoms with Crippen molar-refractivity contribution in [3.8, 4) is 11.3 Å². The third-order valence-corrected chi connectivity index (χ3v) is 4.03. The predicted octanol–water partition coefficient (Wildman–Crippen LogP) is 4.89. The van der Waals surface area contributed by atoms with E-state index in [1.165, 1.54) is 5.56 Å². The number of nitrogens with one attached hydrogen (secondary N) is 2. The minimum Gasteiger partial charge on any atom is -0.352 e. The highest BCUT2D eigenvalue weighted by molar-refractivity contribution is 6.30. The highest BCUT2D eigenvalue weighted by Gasteiger charge is 2.06. The molecular formula is C19H15ClN4. The fraction of sp³-hybridized carbons (Fsp3) is 0.0526. The zero-order valence-electron chi connectivity index (χ0n) is 12.8. The lowest BCUT2D eigenvalue weighted by molar-refractivity contribution is 1.10. The second-order valence-electron chi connectivity index (χ2n) is 5.52. The van der Waals surface area contributed by atoms with Crippen LogP contribution in [0.1, 0.15) is 5.56 Å². The maximum Gasteiger partial charge on any atom is 0.201 e. The molecule has 4 rings (SSSR count). The van der Waals surface area contributed by atoms with E-state index in [0.717, 1.165) is 34.8 Å². The molecule has 2 aromatic heterocycles. The van der Waals surface area contributed by atoms with Gasteiger partial charge < -0.3 is 10.3 Å². The Bertz CT molecular complexity index is 979. The summed E-state index contributed by atoms with van der Waals surface area (Å²) in [4.78, 5) is 12.3. The summed E-state index contributed by atoms with van der Waals surface area (Å²) in [5.41, 5.74) is 4.81. The zero-order chi connectivity index (χ0) is 16.4. The summed E-state index contributed by atoms with van der Waals surface area (Å²) < 4.78 is 0. The summed E-state index contributed by atoms with van der Waals surface area (Å²) in [7, 11) is 0. The monoisotopic (exact) mass is 334 g/mol. The number of rotatable bonds is 4. The van der Waals surface area contributed by atoms with Gasteiger partial charge in [-0.1, -0.05) is 54.1 Å². The Hall–Kier alpha value is -2.85. The third-order valence-electron chi connectivity index (χ3n) is 3.79. The number of halogens is 1. The highest BCUT2D eigenvalue weighted by Crippen LogP contribution is 2.24. The van der Waals surface area contributed by atoms with E-state index < -0.39 is 0 Å². The number of pyridine rings is 1. The van der Waals surface area contributed by atoms with Crippen LogP contribution in [0.2, 0.25) is 5.02 Å². The van der Waals surface area contributed by atoms with E-state index in [9.17, 15) is 0 Å². The molecule has 0 saturated carbocycles. The molecule has 0 bridgehead atoms. The summed E-state index contributed by atoms with van der Waals surface area (Å²) in [6, 6.07) is 19.8. The van der Waals surface area contributed by atoms with E-state index in [2.05, 4.69) is 32.4 Å². The van der Waals surface area contributed by atoms with Gasteiger partial charge in [-0.05, 0) is 23.8 Å². The molecule has 0 spiro atoms. The van der Waals surface area contributed by atoms with Crippen LogP contribution in [0.5, 0.6) is 0 Å². The van der Waals surface area contributed by atoms with Gasteiger partial charge >= 0.3 is 0 Å². The van der Waals surface area contributed by atoms with Gasteiger partial charge in [-0.3, -0.25) is 4.98 Å². The van der Waals surface area contributed by atoms with Crippen molar-refractivity contribution in [1.82, 2.24) is 15.0 Å². The maximum absolute atomic E-state index is 6.06. The van der Waals surface area contributed by atoms with Crippen molar-refractivity contribution in [1.29, 1.82) is 0 Å². The van der Waals surface area contributed by atoms with E-state index in [1.54, 1.807) is 6.20 Å². The van der Waals surface area contributed by atoms with E-state index in [0.29, 0.717) is 5.02 Å². The Kier molecular flexibility index (Phi) is 3.89. The van der Waals surface area contributed by atoms with Crippen molar-refractivity contribution in [3.05, 3.63) is 77.4 Å². The van der Waals surface area contributed by atoms with Gasteiger partial charge in [0.25, 0.3) is 0 Å². The first-order chi connectivity index (χ1) is 11.8. The van der Waals surface area contributed by atoms with Gasteiger partial charge in [0.15, 0.2) is 0 Å². The van der Waals surface area contributed by atoms with E-state index >= 15 is 0 Å². The summed E-state index contributed by atoms with van der Waals surface area (Å²) in [6.07, 6.45) is 1.80. The van der Waals surface area contributed by atoms with Gasteiger partial charge in [0.2, 0.25) is 5.95 Å². The molecule has 118 valence electrons. The Morgan fingerprint density at radius 1 is 1.00 bits per heavy atom. The normalized spacial score (nSPS) is 10.9. The smallest absolute Gasteiger partial charge is 0.201 e. The van der Waals surface area contributed by atoms with E-state index in [1.807, 2.05) is 48.5 Å². The lowest BCUT2D eigenvalue weighted by atomic mass is 10.1. The molecule has 4 aromatic rings. The molecule has 0 saturated heterocycles. The number of aromatic nitrogens is 3. The van der Waals surface area contributed by atoms with Gasteiger partial charge in [-0.25, -0.2) is 4.98 Å². The van der Waals surface area contributed by atoms with Crippen LogP contribution in [-0.2, 0) is 6.54 Å². The van der Waals surface area contributed by atoms with Crippen LogP contribution in [0, 0.1) is 0 Å². The van der Waals surface area contributed by atoms with E-state index in [4.69, 9.17) is 11.6 Å². The lowest BCUT2D eigenvalue weighted by Crippen LogP contribution is -2.00. The van der Waals surface area contributed by atoms with Crippen LogP contribution in [0.3, 0.4) is 0 Å². The van der Waals surface area contributed by atoms with Gasteiger partial charge in [-0.15, -0.1) is 0 Å². The topological polar surface area (TPSA) is 53.6 Å². The number of imidazole rings is 1. The molecule has 0 aliphatic rings. The average molecular weight is 335 g/mol. The van der Waals surface area contributed by atoms with Gasteiger partial charge in [0.05, 0.1) is 22.9 Å². The summed E-state index contributed by atoms with van der Waals surface area (Å²) in [5.74, 6) is 0.735. The Labute approximate surface area is 144 Å². The molecule has 0 fully saturated rings. The quantitative estimate of drug-likeness (QED) is 0.558. The standard InChI is InChI=1S/C19H15ClN4/c20-15-8-4-7-14(9-15)16-10-17-18(12-21-16)24-19(23-17)22-11-13-5-2-1-3-6-13/h1-10,12H,11H2,(H2,22,23,24). The molecule has 0 aliphatic carbocycles. The number of nitrogens with zero attached hydrogens (tertiary/aromatic N) is 2. The van der Waals surface area contributed by atoms with Crippen LogP contribution < -0.4 is 5.32 Å². The Morgan fingerprint density at radius 3 is 2.71 bits per heavy atom. The Morgan fingerprint density at radius 2 is 1.88 bits per heavy atom. The molecule has 2 N–H and O–H groups in total. The fourth-order valence-corrected chi connectivity index (χ4v) is 2.77. The van der Waals surface area contributed by atoms with Crippen molar-refractivity contribution in [2.45, 2.75) is 6.54 Å². The van der Waals surface area contributed by atoms with Crippen molar-refractivity contribution >= 4 is 28.6 Å². The molecule has 2 aromatic carbocycles. The molecule has 0 amide bonds. The number of anilines is 1. The number of hydrogen-bond acceptors (Lipinski definition) is 3. The predicted molar refractivity (Wildman–Crippen MR) is 98.1 cm³/mol. The number of fused-ring (bicyclic) bond motifs is 1. The van der Waals surface area contributed by atoms with Crippen LogP contribution in [-0.4, -0.2) is 15.0 Å². The van der Waals surface area contributed by atoms with Gasteiger partial charge in [0, 0.05) is 17.1 Å². The van der Waals surface area contributed by atoms with Crippen LogP contribution >= 0.6 is 11.6 Å². The maximum atomic E-state index is 6.06. The van der Waals surface area contributed by atoms with Crippen LogP contribution in [0.15, 0.2) is 66.9 Å². The number of aromatic amines is 1.